The molecule has 0 spiro atoms. The summed E-state index contributed by atoms with van der Waals surface area (Å²) in [5, 5.41) is 3.08. The van der Waals surface area contributed by atoms with Crippen LogP contribution in [0.1, 0.15) is 59.8 Å². The van der Waals surface area contributed by atoms with Crippen molar-refractivity contribution in [2.45, 2.75) is 39.7 Å². The Balaban J connectivity index is 2.27. The summed E-state index contributed by atoms with van der Waals surface area (Å²) in [6.45, 7) is 8.13. The maximum absolute atomic E-state index is 12.7. The van der Waals surface area contributed by atoms with Crippen molar-refractivity contribution < 1.29 is 9.53 Å². The van der Waals surface area contributed by atoms with Gasteiger partial charge in [0, 0.05) is 5.56 Å². The molecule has 0 radical (unpaired) electrons. The van der Waals surface area contributed by atoms with E-state index in [1.54, 1.807) is 7.11 Å². The van der Waals surface area contributed by atoms with Crippen LogP contribution in [-0.2, 0) is 0 Å². The number of aryl methyl sites for hydroxylation is 1. The van der Waals surface area contributed by atoms with E-state index in [1.165, 1.54) is 0 Å². The fourth-order valence-electron chi connectivity index (χ4n) is 2.67. The lowest BCUT2D eigenvalue weighted by Gasteiger charge is -2.18. The van der Waals surface area contributed by atoms with E-state index >= 15 is 0 Å². The predicted molar refractivity (Wildman–Crippen MR) is 94.1 cm³/mol. The fourth-order valence-corrected chi connectivity index (χ4v) is 2.67. The normalized spacial score (nSPS) is 12.1. The van der Waals surface area contributed by atoms with Gasteiger partial charge in [-0.1, -0.05) is 44.2 Å². The fraction of sp³-hybridized carbons (Fsp3) is 0.350. The Kier molecular flexibility index (Phi) is 5.43. The molecule has 23 heavy (non-hydrogen) atoms. The molecule has 0 unspecified atom stereocenters. The van der Waals surface area contributed by atoms with Crippen molar-refractivity contribution in [2.75, 3.05) is 7.11 Å². The van der Waals surface area contributed by atoms with Crippen molar-refractivity contribution in [3.8, 4) is 5.75 Å². The van der Waals surface area contributed by atoms with Crippen molar-refractivity contribution in [2.24, 2.45) is 0 Å². The lowest BCUT2D eigenvalue weighted by Crippen LogP contribution is -2.27. The highest BCUT2D eigenvalue weighted by atomic mass is 16.5. The average Bonchev–Trinajstić information content (AvgIpc) is 2.54. The zero-order valence-corrected chi connectivity index (χ0v) is 14.5. The molecule has 2 aromatic carbocycles. The van der Waals surface area contributed by atoms with Gasteiger partial charge in [0.15, 0.2) is 0 Å². The van der Waals surface area contributed by atoms with Gasteiger partial charge in [0.1, 0.15) is 5.75 Å². The first kappa shape index (κ1) is 17.1. The van der Waals surface area contributed by atoms with Crippen LogP contribution in [0.3, 0.4) is 0 Å². The molecular formula is C20H25NO2. The number of benzene rings is 2. The first-order valence-corrected chi connectivity index (χ1v) is 7.98. The van der Waals surface area contributed by atoms with E-state index in [0.29, 0.717) is 11.5 Å². The third-order valence-electron chi connectivity index (χ3n) is 4.09. The zero-order valence-electron chi connectivity index (χ0n) is 14.5. The van der Waals surface area contributed by atoms with Gasteiger partial charge in [-0.25, -0.2) is 0 Å². The molecule has 0 heterocycles. The van der Waals surface area contributed by atoms with Crippen LogP contribution < -0.4 is 10.1 Å². The van der Waals surface area contributed by atoms with Gasteiger partial charge in [-0.15, -0.1) is 0 Å². The molecular weight excluding hydrogens is 286 g/mol. The summed E-state index contributed by atoms with van der Waals surface area (Å²) in [5.41, 5.74) is 3.77. The molecule has 0 bridgehead atoms. The van der Waals surface area contributed by atoms with E-state index in [1.807, 2.05) is 56.3 Å². The Labute approximate surface area is 138 Å². The summed E-state index contributed by atoms with van der Waals surface area (Å²) in [6, 6.07) is 13.8. The summed E-state index contributed by atoms with van der Waals surface area (Å²) in [6.07, 6.45) is 0. The highest BCUT2D eigenvalue weighted by molar-refractivity contribution is 5.96. The lowest BCUT2D eigenvalue weighted by molar-refractivity contribution is 0.0939. The summed E-state index contributed by atoms with van der Waals surface area (Å²) in [5.74, 6) is 1.08. The average molecular weight is 311 g/mol. The molecule has 0 fully saturated rings. The zero-order chi connectivity index (χ0) is 17.0. The number of amides is 1. The van der Waals surface area contributed by atoms with Gasteiger partial charge in [-0.2, -0.15) is 0 Å². The number of carbonyl (C=O) groups excluding carboxylic acids is 1. The van der Waals surface area contributed by atoms with Crippen LogP contribution in [0.4, 0.5) is 0 Å². The highest BCUT2D eigenvalue weighted by Gasteiger charge is 2.17. The molecule has 122 valence electrons. The molecule has 1 atom stereocenters. The van der Waals surface area contributed by atoms with Crippen LogP contribution in [-0.4, -0.2) is 13.0 Å². The Morgan fingerprint density at radius 2 is 1.74 bits per heavy atom. The largest absolute Gasteiger partial charge is 0.496 e. The maximum Gasteiger partial charge on any atom is 0.252 e. The van der Waals surface area contributed by atoms with Crippen LogP contribution in [0.2, 0.25) is 0 Å². The minimum Gasteiger partial charge on any atom is -0.496 e. The Morgan fingerprint density at radius 1 is 1.09 bits per heavy atom. The highest BCUT2D eigenvalue weighted by Crippen LogP contribution is 2.29. The van der Waals surface area contributed by atoms with E-state index in [2.05, 4.69) is 19.2 Å². The number of ether oxygens (including phenoxy) is 1. The first-order chi connectivity index (χ1) is 10.9. The van der Waals surface area contributed by atoms with Crippen molar-refractivity contribution in [1.82, 2.24) is 5.32 Å². The van der Waals surface area contributed by atoms with Crippen LogP contribution in [0, 0.1) is 6.92 Å². The van der Waals surface area contributed by atoms with Crippen molar-refractivity contribution >= 4 is 5.91 Å². The Hall–Kier alpha value is -2.29. The lowest BCUT2D eigenvalue weighted by atomic mass is 9.96. The van der Waals surface area contributed by atoms with Crippen molar-refractivity contribution in [3.05, 3.63) is 64.7 Å². The van der Waals surface area contributed by atoms with Gasteiger partial charge >= 0.3 is 0 Å². The number of methoxy groups -OCH3 is 1. The summed E-state index contributed by atoms with van der Waals surface area (Å²) >= 11 is 0. The van der Waals surface area contributed by atoms with Crippen LogP contribution in [0.15, 0.2) is 42.5 Å². The van der Waals surface area contributed by atoms with Crippen LogP contribution in [0.25, 0.3) is 0 Å². The van der Waals surface area contributed by atoms with Gasteiger partial charge in [0.05, 0.1) is 13.2 Å². The van der Waals surface area contributed by atoms with Crippen LogP contribution >= 0.6 is 0 Å². The number of nitrogens with one attached hydrogen (secondary N) is 1. The second kappa shape index (κ2) is 7.32. The minimum atomic E-state index is -0.0524. The van der Waals surface area contributed by atoms with Gasteiger partial charge in [-0.05, 0) is 48.6 Å². The summed E-state index contributed by atoms with van der Waals surface area (Å²) in [4.78, 5) is 12.7. The quantitative estimate of drug-likeness (QED) is 0.875. The molecule has 2 aromatic rings. The standard InChI is InChI=1S/C20H25NO2/c1-13(2)17-12-18(14(3)11-19(17)23-5)20(22)21-15(4)16-9-7-6-8-10-16/h6-13,15H,1-5H3,(H,21,22)/t15-/m1/s1. The van der Waals surface area contributed by atoms with Gasteiger partial charge in [0.2, 0.25) is 0 Å². The third kappa shape index (κ3) is 3.92. The van der Waals surface area contributed by atoms with Crippen molar-refractivity contribution in [3.63, 3.8) is 0 Å². The van der Waals surface area contributed by atoms with Gasteiger partial charge in [0.25, 0.3) is 5.91 Å². The molecule has 0 aliphatic rings. The first-order valence-electron chi connectivity index (χ1n) is 7.98. The van der Waals surface area contributed by atoms with E-state index in [9.17, 15) is 4.79 Å². The molecule has 0 saturated carbocycles. The van der Waals surface area contributed by atoms with E-state index in [0.717, 1.165) is 22.4 Å². The molecule has 0 aromatic heterocycles. The number of rotatable bonds is 5. The predicted octanol–water partition coefficient (Wildman–Crippen LogP) is 4.62. The van der Waals surface area contributed by atoms with Gasteiger partial charge < -0.3 is 10.1 Å². The molecule has 1 N–H and O–H groups in total. The van der Waals surface area contributed by atoms with Crippen LogP contribution in [0.5, 0.6) is 5.75 Å². The number of hydrogen-bond donors (Lipinski definition) is 1. The molecule has 1 amide bonds. The minimum absolute atomic E-state index is 0.0345. The van der Waals surface area contributed by atoms with E-state index in [-0.39, 0.29) is 11.9 Å². The maximum atomic E-state index is 12.7. The third-order valence-corrected chi connectivity index (χ3v) is 4.09. The second-order valence-electron chi connectivity index (χ2n) is 6.17. The molecule has 0 aliphatic carbocycles. The SMILES string of the molecule is COc1cc(C)c(C(=O)N[C@H](C)c2ccccc2)cc1C(C)C. The molecule has 0 saturated heterocycles. The molecule has 0 aliphatic heterocycles. The topological polar surface area (TPSA) is 38.3 Å². The summed E-state index contributed by atoms with van der Waals surface area (Å²) < 4.78 is 5.44. The molecule has 2 rings (SSSR count). The monoisotopic (exact) mass is 311 g/mol. The Morgan fingerprint density at radius 3 is 2.30 bits per heavy atom. The second-order valence-corrected chi connectivity index (χ2v) is 6.17. The summed E-state index contributed by atoms with van der Waals surface area (Å²) in [7, 11) is 1.66. The number of carbonyl (C=O) groups is 1. The van der Waals surface area contributed by atoms with Gasteiger partial charge in [-0.3, -0.25) is 4.79 Å². The smallest absolute Gasteiger partial charge is 0.252 e. The molecule has 3 heteroatoms. The van der Waals surface area contributed by atoms with E-state index in [4.69, 9.17) is 4.74 Å². The molecule has 3 nitrogen and oxygen atoms in total. The Bertz CT molecular complexity index is 678. The van der Waals surface area contributed by atoms with E-state index < -0.39 is 0 Å². The number of hydrogen-bond acceptors (Lipinski definition) is 2. The van der Waals surface area contributed by atoms with Crippen molar-refractivity contribution in [1.29, 1.82) is 0 Å².